The van der Waals surface area contributed by atoms with Gasteiger partial charge in [0.15, 0.2) is 5.54 Å². The minimum atomic E-state index is -1.02. The fourth-order valence-electron chi connectivity index (χ4n) is 4.04. The van der Waals surface area contributed by atoms with Gasteiger partial charge in [-0.1, -0.05) is 51.1 Å². The van der Waals surface area contributed by atoms with Crippen molar-refractivity contribution in [3.8, 4) is 11.5 Å². The maximum atomic E-state index is 13.2. The number of rotatable bonds is 5. The largest absolute Gasteiger partial charge is 0.494 e. The molecule has 2 aliphatic heterocycles. The number of urea groups is 1. The van der Waals surface area contributed by atoms with Crippen LogP contribution in [0.3, 0.4) is 0 Å². The summed E-state index contributed by atoms with van der Waals surface area (Å²) < 4.78 is 11.5. The van der Waals surface area contributed by atoms with E-state index in [9.17, 15) is 9.59 Å². The van der Waals surface area contributed by atoms with Crippen molar-refractivity contribution in [3.63, 3.8) is 0 Å². The molecule has 2 aromatic rings. The summed E-state index contributed by atoms with van der Waals surface area (Å²) in [5.41, 5.74) is 1.06. The van der Waals surface area contributed by atoms with Crippen molar-refractivity contribution < 1.29 is 19.1 Å². The molecule has 1 spiro atoms. The number of hydrogen-bond acceptors (Lipinski definition) is 4. The van der Waals surface area contributed by atoms with Crippen molar-refractivity contribution in [1.82, 2.24) is 10.2 Å². The average molecular weight is 408 g/mol. The third-order valence-corrected chi connectivity index (χ3v) is 5.77. The number of nitrogens with one attached hydrogen (secondary N) is 1. The number of ether oxygens (including phenoxy) is 2. The van der Waals surface area contributed by atoms with Crippen molar-refractivity contribution in [3.05, 3.63) is 59.7 Å². The summed E-state index contributed by atoms with van der Waals surface area (Å²) in [6.07, 6.45) is 0.996. The topological polar surface area (TPSA) is 67.9 Å². The molecule has 30 heavy (non-hydrogen) atoms. The molecule has 4 rings (SSSR count). The van der Waals surface area contributed by atoms with Crippen LogP contribution in [0, 0.1) is 0 Å². The highest BCUT2D eigenvalue weighted by molar-refractivity contribution is 6.07. The van der Waals surface area contributed by atoms with Gasteiger partial charge in [-0.15, -0.1) is 0 Å². The molecule has 3 amide bonds. The molecule has 2 aliphatic rings. The number of benzene rings is 2. The van der Waals surface area contributed by atoms with E-state index in [-0.39, 0.29) is 17.4 Å². The number of hydrogen-bond donors (Lipinski definition) is 1. The minimum absolute atomic E-state index is 0.0980. The second-order valence-electron chi connectivity index (χ2n) is 8.86. The fraction of sp³-hybridized carbons (Fsp3) is 0.417. The van der Waals surface area contributed by atoms with Crippen molar-refractivity contribution in [2.75, 3.05) is 19.8 Å². The van der Waals surface area contributed by atoms with Gasteiger partial charge in [-0.2, -0.15) is 0 Å². The Labute approximate surface area is 177 Å². The van der Waals surface area contributed by atoms with Crippen LogP contribution in [0.5, 0.6) is 11.5 Å². The Kier molecular flexibility index (Phi) is 5.18. The van der Waals surface area contributed by atoms with Gasteiger partial charge in [0.2, 0.25) is 0 Å². The quantitative estimate of drug-likeness (QED) is 0.600. The molecule has 1 fully saturated rings. The Morgan fingerprint density at radius 3 is 2.57 bits per heavy atom. The molecule has 1 unspecified atom stereocenters. The second kappa shape index (κ2) is 7.67. The lowest BCUT2D eigenvalue weighted by atomic mass is 9.84. The first-order chi connectivity index (χ1) is 14.3. The van der Waals surface area contributed by atoms with Crippen LogP contribution in [-0.2, 0) is 15.7 Å². The Morgan fingerprint density at radius 2 is 1.83 bits per heavy atom. The molecule has 6 nitrogen and oxygen atoms in total. The lowest BCUT2D eigenvalue weighted by molar-refractivity contribution is -0.132. The zero-order valence-electron chi connectivity index (χ0n) is 17.7. The molecule has 2 aromatic carbocycles. The number of carbonyl (C=O) groups excluding carboxylic acids is 2. The number of carbonyl (C=O) groups is 2. The monoisotopic (exact) mass is 408 g/mol. The Balaban J connectivity index is 1.36. The molecule has 0 saturated carbocycles. The highest BCUT2D eigenvalue weighted by atomic mass is 16.5. The van der Waals surface area contributed by atoms with Gasteiger partial charge in [0.1, 0.15) is 11.5 Å². The number of nitrogens with zero attached hydrogens (tertiary/aromatic N) is 1. The molecule has 0 aromatic heterocycles. The highest BCUT2D eigenvalue weighted by Crippen LogP contribution is 2.40. The van der Waals surface area contributed by atoms with Crippen LogP contribution in [0.25, 0.3) is 0 Å². The molecule has 0 aliphatic carbocycles. The van der Waals surface area contributed by atoms with Crippen molar-refractivity contribution in [2.24, 2.45) is 0 Å². The average Bonchev–Trinajstić information content (AvgIpc) is 2.95. The van der Waals surface area contributed by atoms with Crippen LogP contribution < -0.4 is 14.8 Å². The van der Waals surface area contributed by atoms with Crippen LogP contribution in [0.1, 0.15) is 44.7 Å². The van der Waals surface area contributed by atoms with E-state index in [1.807, 2.05) is 36.4 Å². The lowest BCUT2D eigenvalue weighted by Crippen LogP contribution is -2.47. The summed E-state index contributed by atoms with van der Waals surface area (Å²) in [7, 11) is 0. The standard InChI is InChI=1S/C24H28N2O4/c1-23(2,3)17-9-11-18(12-10-17)29-15-6-14-26-21(27)24(25-22(26)28)13-16-30-20-8-5-4-7-19(20)24/h4-5,7-12H,6,13-16H2,1-3H3,(H,25,28). The maximum Gasteiger partial charge on any atom is 0.325 e. The van der Waals surface area contributed by atoms with E-state index in [0.29, 0.717) is 38.3 Å². The molecule has 2 heterocycles. The molecule has 0 radical (unpaired) electrons. The van der Waals surface area contributed by atoms with Gasteiger partial charge in [-0.25, -0.2) is 4.79 Å². The number of para-hydroxylation sites is 1. The fourth-order valence-corrected chi connectivity index (χ4v) is 4.04. The minimum Gasteiger partial charge on any atom is -0.494 e. The molecule has 6 heteroatoms. The van der Waals surface area contributed by atoms with E-state index in [2.05, 4.69) is 38.2 Å². The molecular weight excluding hydrogens is 380 g/mol. The summed E-state index contributed by atoms with van der Waals surface area (Å²) in [5, 5.41) is 2.92. The second-order valence-corrected chi connectivity index (χ2v) is 8.86. The first kappa shape index (κ1) is 20.3. The summed E-state index contributed by atoms with van der Waals surface area (Å²) in [6, 6.07) is 15.1. The van der Waals surface area contributed by atoms with E-state index < -0.39 is 5.54 Å². The third-order valence-electron chi connectivity index (χ3n) is 5.77. The van der Waals surface area contributed by atoms with Crippen molar-refractivity contribution in [2.45, 2.75) is 44.6 Å². The Morgan fingerprint density at radius 1 is 1.10 bits per heavy atom. The molecule has 0 bridgehead atoms. The molecule has 1 N–H and O–H groups in total. The SMILES string of the molecule is CC(C)(C)c1ccc(OCCCN2C(=O)NC3(CCOc4ccccc43)C2=O)cc1. The van der Waals surface area contributed by atoms with Gasteiger partial charge in [0, 0.05) is 18.5 Å². The molecule has 1 saturated heterocycles. The van der Waals surface area contributed by atoms with E-state index in [4.69, 9.17) is 9.47 Å². The van der Waals surface area contributed by atoms with E-state index >= 15 is 0 Å². The van der Waals surface area contributed by atoms with E-state index in [0.717, 1.165) is 11.3 Å². The summed E-state index contributed by atoms with van der Waals surface area (Å²) in [6.45, 7) is 7.65. The van der Waals surface area contributed by atoms with Crippen molar-refractivity contribution in [1.29, 1.82) is 0 Å². The Bertz CT molecular complexity index is 948. The molecule has 1 atom stereocenters. The van der Waals surface area contributed by atoms with Crippen LogP contribution in [0.2, 0.25) is 0 Å². The normalized spacial score (nSPS) is 20.7. The van der Waals surface area contributed by atoms with Gasteiger partial charge < -0.3 is 14.8 Å². The molecule has 158 valence electrons. The smallest absolute Gasteiger partial charge is 0.325 e. The van der Waals surface area contributed by atoms with E-state index in [1.54, 1.807) is 0 Å². The number of fused-ring (bicyclic) bond motifs is 2. The zero-order chi connectivity index (χ0) is 21.4. The van der Waals surface area contributed by atoms with Crippen LogP contribution in [-0.4, -0.2) is 36.6 Å². The number of amides is 3. The highest BCUT2D eigenvalue weighted by Gasteiger charge is 2.54. The van der Waals surface area contributed by atoms with Crippen LogP contribution in [0.4, 0.5) is 4.79 Å². The van der Waals surface area contributed by atoms with Crippen LogP contribution >= 0.6 is 0 Å². The van der Waals surface area contributed by atoms with Gasteiger partial charge in [0.25, 0.3) is 5.91 Å². The predicted molar refractivity (Wildman–Crippen MR) is 114 cm³/mol. The summed E-state index contributed by atoms with van der Waals surface area (Å²) in [5.74, 6) is 1.23. The Hall–Kier alpha value is -3.02. The van der Waals surface area contributed by atoms with Gasteiger partial charge in [0.05, 0.1) is 13.2 Å². The van der Waals surface area contributed by atoms with E-state index in [1.165, 1.54) is 10.5 Å². The lowest BCUT2D eigenvalue weighted by Gasteiger charge is -2.33. The third kappa shape index (κ3) is 3.62. The first-order valence-corrected chi connectivity index (χ1v) is 10.4. The van der Waals surface area contributed by atoms with Crippen LogP contribution in [0.15, 0.2) is 48.5 Å². The maximum absolute atomic E-state index is 13.2. The summed E-state index contributed by atoms with van der Waals surface area (Å²) in [4.78, 5) is 27.1. The predicted octanol–water partition coefficient (Wildman–Crippen LogP) is 3.98. The van der Waals surface area contributed by atoms with Gasteiger partial charge in [-0.3, -0.25) is 9.69 Å². The van der Waals surface area contributed by atoms with Gasteiger partial charge >= 0.3 is 6.03 Å². The zero-order valence-corrected chi connectivity index (χ0v) is 17.7. The summed E-state index contributed by atoms with van der Waals surface area (Å²) >= 11 is 0. The first-order valence-electron chi connectivity index (χ1n) is 10.4. The molecular formula is C24H28N2O4. The van der Waals surface area contributed by atoms with Gasteiger partial charge in [-0.05, 0) is 35.6 Å². The van der Waals surface area contributed by atoms with Crippen molar-refractivity contribution >= 4 is 11.9 Å². The number of imide groups is 1.